The number of hydrogen-bond acceptors (Lipinski definition) is 4. The van der Waals surface area contributed by atoms with Gasteiger partial charge in [-0.1, -0.05) is 17.7 Å². The molecule has 1 aromatic carbocycles. The molecule has 1 rings (SSSR count). The Morgan fingerprint density at radius 2 is 2.28 bits per heavy atom. The highest BCUT2D eigenvalue weighted by Crippen LogP contribution is 2.25. The van der Waals surface area contributed by atoms with Crippen LogP contribution in [0.15, 0.2) is 18.2 Å². The Balaban J connectivity index is 2.51. The first-order chi connectivity index (χ1) is 8.54. The molecular weight excluding hydrogens is 258 g/mol. The number of aliphatic carboxylic acids is 1. The number of aliphatic hydroxyl groups excluding tert-OH is 1. The molecule has 0 bridgehead atoms. The summed E-state index contributed by atoms with van der Waals surface area (Å²) < 4.78 is 5.17. The minimum absolute atomic E-state index is 0.181. The largest absolute Gasteiger partial charge is 0.496 e. The van der Waals surface area contributed by atoms with Crippen LogP contribution in [0.1, 0.15) is 12.0 Å². The van der Waals surface area contributed by atoms with Gasteiger partial charge in [0.2, 0.25) is 0 Å². The fourth-order valence-electron chi connectivity index (χ4n) is 1.54. The van der Waals surface area contributed by atoms with Gasteiger partial charge in [-0.15, -0.1) is 0 Å². The van der Waals surface area contributed by atoms with E-state index in [-0.39, 0.29) is 13.0 Å². The summed E-state index contributed by atoms with van der Waals surface area (Å²) >= 11 is 6.03. The van der Waals surface area contributed by atoms with Crippen molar-refractivity contribution in [3.05, 3.63) is 28.8 Å². The number of ether oxygens (including phenoxy) is 1. The van der Waals surface area contributed by atoms with E-state index in [2.05, 4.69) is 5.32 Å². The monoisotopic (exact) mass is 273 g/mol. The van der Waals surface area contributed by atoms with Gasteiger partial charge >= 0.3 is 5.97 Å². The number of carbonyl (C=O) groups is 1. The van der Waals surface area contributed by atoms with E-state index in [1.54, 1.807) is 25.3 Å². The molecule has 100 valence electrons. The lowest BCUT2D eigenvalue weighted by atomic mass is 10.2. The van der Waals surface area contributed by atoms with Gasteiger partial charge in [0.05, 0.1) is 19.6 Å². The minimum atomic E-state index is -1.03. The Labute approximate surface area is 110 Å². The Kier molecular flexibility index (Phi) is 5.91. The van der Waals surface area contributed by atoms with Crippen molar-refractivity contribution in [2.75, 3.05) is 13.7 Å². The maximum absolute atomic E-state index is 10.4. The molecule has 0 saturated heterocycles. The molecule has 0 spiro atoms. The second-order valence-electron chi connectivity index (χ2n) is 3.80. The number of halogens is 1. The molecule has 0 fully saturated rings. The van der Waals surface area contributed by atoms with Crippen molar-refractivity contribution < 1.29 is 19.7 Å². The first-order valence-electron chi connectivity index (χ1n) is 5.46. The summed E-state index contributed by atoms with van der Waals surface area (Å²) in [6, 6.07) is 5.31. The van der Waals surface area contributed by atoms with Crippen molar-refractivity contribution in [1.29, 1.82) is 0 Å². The molecule has 0 radical (unpaired) electrons. The molecule has 5 nitrogen and oxygen atoms in total. The molecule has 1 aromatic rings. The van der Waals surface area contributed by atoms with E-state index >= 15 is 0 Å². The Morgan fingerprint density at radius 1 is 1.56 bits per heavy atom. The Morgan fingerprint density at radius 3 is 2.89 bits per heavy atom. The minimum Gasteiger partial charge on any atom is -0.496 e. The molecule has 1 unspecified atom stereocenters. The number of carboxylic acid groups (broad SMARTS) is 1. The van der Waals surface area contributed by atoms with Gasteiger partial charge in [-0.05, 0) is 12.1 Å². The van der Waals surface area contributed by atoms with Crippen LogP contribution in [0.25, 0.3) is 0 Å². The van der Waals surface area contributed by atoms with E-state index in [1.807, 2.05) is 0 Å². The first-order valence-corrected chi connectivity index (χ1v) is 5.84. The topological polar surface area (TPSA) is 78.8 Å². The molecule has 6 heteroatoms. The third-order valence-corrected chi connectivity index (χ3v) is 2.74. The van der Waals surface area contributed by atoms with Crippen molar-refractivity contribution in [2.24, 2.45) is 0 Å². The SMILES string of the molecule is COc1cccc(Cl)c1CNCC(O)CC(=O)O. The number of nitrogens with one attached hydrogen (secondary N) is 1. The number of rotatable bonds is 7. The lowest BCUT2D eigenvalue weighted by molar-refractivity contribution is -0.139. The quantitative estimate of drug-likeness (QED) is 0.697. The van der Waals surface area contributed by atoms with E-state index in [0.29, 0.717) is 17.3 Å². The van der Waals surface area contributed by atoms with Gasteiger partial charge < -0.3 is 20.3 Å². The highest BCUT2D eigenvalue weighted by atomic mass is 35.5. The maximum atomic E-state index is 10.4. The first kappa shape index (κ1) is 14.8. The van der Waals surface area contributed by atoms with E-state index < -0.39 is 12.1 Å². The van der Waals surface area contributed by atoms with E-state index in [4.69, 9.17) is 21.4 Å². The van der Waals surface area contributed by atoms with E-state index in [1.165, 1.54) is 0 Å². The van der Waals surface area contributed by atoms with Crippen molar-refractivity contribution in [3.8, 4) is 5.75 Å². The van der Waals surface area contributed by atoms with Gasteiger partial charge in [-0.25, -0.2) is 0 Å². The zero-order valence-corrected chi connectivity index (χ0v) is 10.8. The molecule has 0 aliphatic heterocycles. The zero-order chi connectivity index (χ0) is 13.5. The van der Waals surface area contributed by atoms with Crippen LogP contribution in [0.4, 0.5) is 0 Å². The van der Waals surface area contributed by atoms with Crippen LogP contribution in [0.2, 0.25) is 5.02 Å². The second-order valence-corrected chi connectivity index (χ2v) is 4.21. The summed E-state index contributed by atoms with van der Waals surface area (Å²) in [4.78, 5) is 10.4. The number of aliphatic hydroxyl groups is 1. The molecule has 0 aliphatic rings. The second kappa shape index (κ2) is 7.20. The molecule has 0 saturated carbocycles. The van der Waals surface area contributed by atoms with Crippen LogP contribution in [0, 0.1) is 0 Å². The fourth-order valence-corrected chi connectivity index (χ4v) is 1.77. The zero-order valence-electron chi connectivity index (χ0n) is 10.0. The Hall–Kier alpha value is -1.30. The summed E-state index contributed by atoms with van der Waals surface area (Å²) in [5.41, 5.74) is 0.782. The van der Waals surface area contributed by atoms with Crippen molar-refractivity contribution in [3.63, 3.8) is 0 Å². The number of methoxy groups -OCH3 is 1. The van der Waals surface area contributed by atoms with Crippen LogP contribution < -0.4 is 10.1 Å². The predicted octanol–water partition coefficient (Wildman–Crippen LogP) is 1.27. The van der Waals surface area contributed by atoms with Crippen LogP contribution in [0.3, 0.4) is 0 Å². The van der Waals surface area contributed by atoms with Crippen molar-refractivity contribution in [1.82, 2.24) is 5.32 Å². The highest BCUT2D eigenvalue weighted by molar-refractivity contribution is 6.31. The summed E-state index contributed by atoms with van der Waals surface area (Å²) in [7, 11) is 1.55. The third-order valence-electron chi connectivity index (χ3n) is 2.39. The highest BCUT2D eigenvalue weighted by Gasteiger charge is 2.11. The third kappa shape index (κ3) is 4.52. The lowest BCUT2D eigenvalue weighted by Crippen LogP contribution is -2.28. The molecule has 0 aliphatic carbocycles. The fraction of sp³-hybridized carbons (Fsp3) is 0.417. The van der Waals surface area contributed by atoms with E-state index in [0.717, 1.165) is 5.56 Å². The van der Waals surface area contributed by atoms with Gasteiger partial charge in [0.15, 0.2) is 0 Å². The maximum Gasteiger partial charge on any atom is 0.306 e. The number of hydrogen-bond donors (Lipinski definition) is 3. The van der Waals surface area contributed by atoms with Gasteiger partial charge in [0, 0.05) is 23.7 Å². The summed E-state index contributed by atoms with van der Waals surface area (Å²) in [6.07, 6.45) is -1.21. The Bertz CT molecular complexity index is 411. The molecule has 3 N–H and O–H groups in total. The van der Waals surface area contributed by atoms with E-state index in [9.17, 15) is 9.90 Å². The van der Waals surface area contributed by atoms with Gasteiger partial charge in [-0.3, -0.25) is 4.79 Å². The van der Waals surface area contributed by atoms with Crippen LogP contribution >= 0.6 is 11.6 Å². The molecule has 0 heterocycles. The normalized spacial score (nSPS) is 12.2. The van der Waals surface area contributed by atoms with Crippen molar-refractivity contribution >= 4 is 17.6 Å². The van der Waals surface area contributed by atoms with Crippen LogP contribution in [0.5, 0.6) is 5.75 Å². The number of carboxylic acids is 1. The van der Waals surface area contributed by atoms with Gasteiger partial charge in [0.1, 0.15) is 5.75 Å². The molecule has 0 aromatic heterocycles. The number of benzene rings is 1. The average Bonchev–Trinajstić information content (AvgIpc) is 2.30. The smallest absolute Gasteiger partial charge is 0.306 e. The lowest BCUT2D eigenvalue weighted by Gasteiger charge is -2.13. The van der Waals surface area contributed by atoms with Gasteiger partial charge in [-0.2, -0.15) is 0 Å². The molecule has 0 amide bonds. The standard InChI is InChI=1S/C12H16ClNO4/c1-18-11-4-2-3-10(13)9(11)7-14-6-8(15)5-12(16)17/h2-4,8,14-15H,5-7H2,1H3,(H,16,17). The molecule has 1 atom stereocenters. The molecular formula is C12H16ClNO4. The predicted molar refractivity (Wildman–Crippen MR) is 68.0 cm³/mol. The van der Waals surface area contributed by atoms with Gasteiger partial charge in [0.25, 0.3) is 0 Å². The van der Waals surface area contributed by atoms with Crippen LogP contribution in [-0.2, 0) is 11.3 Å². The average molecular weight is 274 g/mol. The summed E-state index contributed by atoms with van der Waals surface area (Å²) in [5, 5.41) is 21.4. The summed E-state index contributed by atoms with van der Waals surface area (Å²) in [6.45, 7) is 0.584. The van der Waals surface area contributed by atoms with Crippen molar-refractivity contribution in [2.45, 2.75) is 19.1 Å². The molecule has 18 heavy (non-hydrogen) atoms. The summed E-state index contributed by atoms with van der Waals surface area (Å²) in [5.74, 6) is -0.373. The van der Waals surface area contributed by atoms with Crippen LogP contribution in [-0.4, -0.2) is 35.9 Å².